The van der Waals surface area contributed by atoms with Crippen LogP contribution in [0.5, 0.6) is 0 Å². The molecular formula is C21H25F2N5O. The van der Waals surface area contributed by atoms with Gasteiger partial charge in [0.1, 0.15) is 23.9 Å². The number of halogens is 2. The average molecular weight is 401 g/mol. The lowest BCUT2D eigenvalue weighted by molar-refractivity contribution is -0.114. The Hall–Kier alpha value is -3.16. The molecular weight excluding hydrogens is 376 g/mol. The van der Waals surface area contributed by atoms with Gasteiger partial charge in [-0.05, 0) is 37.6 Å². The van der Waals surface area contributed by atoms with Gasteiger partial charge in [-0.1, -0.05) is 24.3 Å². The van der Waals surface area contributed by atoms with Gasteiger partial charge >= 0.3 is 0 Å². The van der Waals surface area contributed by atoms with E-state index in [-0.39, 0.29) is 24.2 Å². The summed E-state index contributed by atoms with van der Waals surface area (Å²) < 4.78 is 28.0. The minimum absolute atomic E-state index is 0.000906. The molecule has 1 unspecified atom stereocenters. The second kappa shape index (κ2) is 9.86. The Bertz CT molecular complexity index is 839. The number of para-hydroxylation sites is 2. The fourth-order valence-corrected chi connectivity index (χ4v) is 3.26. The van der Waals surface area contributed by atoms with Crippen LogP contribution in [0.2, 0.25) is 0 Å². The SMILES string of the molecule is CCNC(=NCC(=O)Nc1ccccc1)NC1CCN(c2c(F)cccc2F)C1. The Morgan fingerprint density at radius 3 is 2.55 bits per heavy atom. The lowest BCUT2D eigenvalue weighted by Gasteiger charge is -2.21. The molecule has 0 spiro atoms. The van der Waals surface area contributed by atoms with Gasteiger partial charge in [-0.2, -0.15) is 0 Å². The third-order valence-corrected chi connectivity index (χ3v) is 4.57. The van der Waals surface area contributed by atoms with Crippen molar-refractivity contribution < 1.29 is 13.6 Å². The Morgan fingerprint density at radius 2 is 1.86 bits per heavy atom. The maximum absolute atomic E-state index is 14.0. The van der Waals surface area contributed by atoms with Gasteiger partial charge < -0.3 is 20.9 Å². The van der Waals surface area contributed by atoms with Crippen molar-refractivity contribution in [2.24, 2.45) is 4.99 Å². The molecule has 1 amide bonds. The standard InChI is InChI=1S/C21H25F2N5O/c1-2-24-21(25-13-19(29)26-15-7-4-3-5-8-15)27-16-11-12-28(14-16)20-17(22)9-6-10-18(20)23/h3-10,16H,2,11-14H2,1H3,(H,26,29)(H2,24,25,27). The van der Waals surface area contributed by atoms with Gasteiger partial charge in [0.25, 0.3) is 0 Å². The van der Waals surface area contributed by atoms with Gasteiger partial charge in [-0.15, -0.1) is 0 Å². The summed E-state index contributed by atoms with van der Waals surface area (Å²) in [7, 11) is 0. The number of carbonyl (C=O) groups is 1. The normalized spacial score (nSPS) is 16.6. The summed E-state index contributed by atoms with van der Waals surface area (Å²) in [5, 5.41) is 9.13. The van der Waals surface area contributed by atoms with E-state index in [1.807, 2.05) is 25.1 Å². The molecule has 3 rings (SSSR count). The minimum atomic E-state index is -0.566. The van der Waals surface area contributed by atoms with Crippen molar-refractivity contribution in [1.29, 1.82) is 0 Å². The first-order valence-corrected chi connectivity index (χ1v) is 9.65. The van der Waals surface area contributed by atoms with Crippen LogP contribution in [0.15, 0.2) is 53.5 Å². The van der Waals surface area contributed by atoms with E-state index in [2.05, 4.69) is 20.9 Å². The molecule has 29 heavy (non-hydrogen) atoms. The second-order valence-electron chi connectivity index (χ2n) is 6.76. The van der Waals surface area contributed by atoms with Crippen molar-refractivity contribution in [2.75, 3.05) is 36.4 Å². The molecule has 6 nitrogen and oxygen atoms in total. The van der Waals surface area contributed by atoms with Crippen LogP contribution in [0.25, 0.3) is 0 Å². The quantitative estimate of drug-likeness (QED) is 0.514. The first-order chi connectivity index (χ1) is 14.1. The van der Waals surface area contributed by atoms with E-state index in [0.29, 0.717) is 37.7 Å². The van der Waals surface area contributed by atoms with Crippen LogP contribution in [0.3, 0.4) is 0 Å². The number of nitrogens with zero attached hydrogens (tertiary/aromatic N) is 2. The van der Waals surface area contributed by atoms with Crippen LogP contribution in [0.1, 0.15) is 13.3 Å². The fourth-order valence-electron chi connectivity index (χ4n) is 3.26. The zero-order chi connectivity index (χ0) is 20.6. The van der Waals surface area contributed by atoms with Crippen molar-refractivity contribution in [1.82, 2.24) is 10.6 Å². The van der Waals surface area contributed by atoms with Gasteiger partial charge in [0, 0.05) is 31.4 Å². The molecule has 0 saturated carbocycles. The molecule has 2 aromatic carbocycles. The van der Waals surface area contributed by atoms with Crippen molar-refractivity contribution in [3.05, 3.63) is 60.2 Å². The Labute approximate surface area is 169 Å². The minimum Gasteiger partial charge on any atom is -0.365 e. The van der Waals surface area contributed by atoms with Crippen molar-refractivity contribution in [3.63, 3.8) is 0 Å². The summed E-state index contributed by atoms with van der Waals surface area (Å²) in [6, 6.07) is 13.0. The lowest BCUT2D eigenvalue weighted by atomic mass is 10.2. The number of anilines is 2. The first-order valence-electron chi connectivity index (χ1n) is 9.65. The van der Waals surface area contributed by atoms with E-state index in [9.17, 15) is 13.6 Å². The lowest BCUT2D eigenvalue weighted by Crippen LogP contribution is -2.45. The van der Waals surface area contributed by atoms with Crippen LogP contribution in [-0.2, 0) is 4.79 Å². The molecule has 1 fully saturated rings. The molecule has 8 heteroatoms. The highest BCUT2D eigenvalue weighted by molar-refractivity contribution is 5.94. The van der Waals surface area contributed by atoms with Gasteiger partial charge in [0.2, 0.25) is 5.91 Å². The summed E-state index contributed by atoms with van der Waals surface area (Å²) in [6.07, 6.45) is 0.703. The molecule has 1 aliphatic heterocycles. The number of hydrogen-bond donors (Lipinski definition) is 3. The summed E-state index contributed by atoms with van der Waals surface area (Å²) in [4.78, 5) is 18.1. The van der Waals surface area contributed by atoms with Gasteiger partial charge in [0.15, 0.2) is 5.96 Å². The van der Waals surface area contributed by atoms with Crippen molar-refractivity contribution in [3.8, 4) is 0 Å². The molecule has 1 saturated heterocycles. The van der Waals surface area contributed by atoms with E-state index < -0.39 is 11.6 Å². The van der Waals surface area contributed by atoms with Crippen LogP contribution >= 0.6 is 0 Å². The van der Waals surface area contributed by atoms with E-state index in [0.717, 1.165) is 0 Å². The highest BCUT2D eigenvalue weighted by Gasteiger charge is 2.27. The average Bonchev–Trinajstić information content (AvgIpc) is 3.15. The summed E-state index contributed by atoms with van der Waals surface area (Å²) >= 11 is 0. The van der Waals surface area contributed by atoms with Crippen LogP contribution in [0, 0.1) is 11.6 Å². The number of guanidine groups is 1. The number of hydrogen-bond acceptors (Lipinski definition) is 3. The first kappa shape index (κ1) is 20.6. The number of aliphatic imine (C=N–C) groups is 1. The smallest absolute Gasteiger partial charge is 0.246 e. The number of amides is 1. The van der Waals surface area contributed by atoms with Crippen molar-refractivity contribution in [2.45, 2.75) is 19.4 Å². The molecule has 154 valence electrons. The molecule has 0 radical (unpaired) electrons. The molecule has 1 heterocycles. The van der Waals surface area contributed by atoms with Crippen LogP contribution < -0.4 is 20.9 Å². The molecule has 0 bridgehead atoms. The van der Waals surface area contributed by atoms with Gasteiger partial charge in [-0.25, -0.2) is 13.8 Å². The third kappa shape index (κ3) is 5.66. The monoisotopic (exact) mass is 401 g/mol. The zero-order valence-corrected chi connectivity index (χ0v) is 16.3. The van der Waals surface area contributed by atoms with E-state index in [1.54, 1.807) is 17.0 Å². The fraction of sp³-hybridized carbons (Fsp3) is 0.333. The molecule has 0 aliphatic carbocycles. The van der Waals surface area contributed by atoms with E-state index in [1.165, 1.54) is 18.2 Å². The highest BCUT2D eigenvalue weighted by atomic mass is 19.1. The maximum Gasteiger partial charge on any atom is 0.246 e. The summed E-state index contributed by atoms with van der Waals surface area (Å²) in [5.74, 6) is -0.862. The largest absolute Gasteiger partial charge is 0.365 e. The Kier molecular flexibility index (Phi) is 6.99. The number of nitrogens with one attached hydrogen (secondary N) is 3. The van der Waals surface area contributed by atoms with E-state index in [4.69, 9.17) is 0 Å². The van der Waals surface area contributed by atoms with Crippen LogP contribution in [-0.4, -0.2) is 44.1 Å². The number of carbonyl (C=O) groups excluding carboxylic acids is 1. The molecule has 2 aromatic rings. The third-order valence-electron chi connectivity index (χ3n) is 4.57. The Morgan fingerprint density at radius 1 is 1.14 bits per heavy atom. The highest BCUT2D eigenvalue weighted by Crippen LogP contribution is 2.26. The predicted molar refractivity (Wildman–Crippen MR) is 111 cm³/mol. The Balaban J connectivity index is 1.57. The van der Waals surface area contributed by atoms with Crippen LogP contribution in [0.4, 0.5) is 20.2 Å². The maximum atomic E-state index is 14.0. The molecule has 1 atom stereocenters. The summed E-state index contributed by atoms with van der Waals surface area (Å²) in [5.41, 5.74) is 0.713. The predicted octanol–water partition coefficient (Wildman–Crippen LogP) is 2.74. The number of benzene rings is 2. The topological polar surface area (TPSA) is 68.8 Å². The number of rotatable bonds is 6. The molecule has 1 aliphatic rings. The van der Waals surface area contributed by atoms with Gasteiger partial charge in [0.05, 0.1) is 0 Å². The van der Waals surface area contributed by atoms with Gasteiger partial charge in [-0.3, -0.25) is 4.79 Å². The van der Waals surface area contributed by atoms with Crippen molar-refractivity contribution >= 4 is 23.2 Å². The zero-order valence-electron chi connectivity index (χ0n) is 16.3. The van der Waals surface area contributed by atoms with E-state index >= 15 is 0 Å². The second-order valence-corrected chi connectivity index (χ2v) is 6.76. The molecule has 0 aromatic heterocycles. The summed E-state index contributed by atoms with van der Waals surface area (Å²) in [6.45, 7) is 3.49. The molecule has 3 N–H and O–H groups in total.